The molecule has 0 saturated carbocycles. The fourth-order valence-corrected chi connectivity index (χ4v) is 2.87. The van der Waals surface area contributed by atoms with Crippen LogP contribution in [0.4, 0.5) is 0 Å². The van der Waals surface area contributed by atoms with E-state index in [4.69, 9.17) is 16.3 Å². The summed E-state index contributed by atoms with van der Waals surface area (Å²) in [6.07, 6.45) is 2.97. The SMILES string of the molecule is C[C@@H](Oc1cccc(Cl)c1)C(=O)NCCC1CCN(C)CC1. The van der Waals surface area contributed by atoms with Crippen molar-refractivity contribution in [1.82, 2.24) is 10.2 Å². The van der Waals surface area contributed by atoms with Crippen LogP contribution < -0.4 is 10.1 Å². The predicted octanol–water partition coefficient (Wildman–Crippen LogP) is 2.96. The van der Waals surface area contributed by atoms with E-state index < -0.39 is 6.10 Å². The first-order valence-electron chi connectivity index (χ1n) is 7.93. The number of halogens is 1. The quantitative estimate of drug-likeness (QED) is 0.874. The van der Waals surface area contributed by atoms with Crippen LogP contribution in [0.1, 0.15) is 26.2 Å². The molecule has 0 spiro atoms. The zero-order chi connectivity index (χ0) is 15.9. The number of likely N-dealkylation sites (tertiary alicyclic amines) is 1. The summed E-state index contributed by atoms with van der Waals surface area (Å²) >= 11 is 5.90. The topological polar surface area (TPSA) is 41.6 Å². The van der Waals surface area contributed by atoms with Crippen LogP contribution in [0.3, 0.4) is 0 Å². The highest BCUT2D eigenvalue weighted by molar-refractivity contribution is 6.30. The van der Waals surface area contributed by atoms with E-state index in [0.717, 1.165) is 32.0 Å². The lowest BCUT2D eigenvalue weighted by molar-refractivity contribution is -0.127. The third kappa shape index (κ3) is 5.50. The fraction of sp³-hybridized carbons (Fsp3) is 0.588. The smallest absolute Gasteiger partial charge is 0.260 e. The summed E-state index contributed by atoms with van der Waals surface area (Å²) in [7, 11) is 2.16. The van der Waals surface area contributed by atoms with Crippen LogP contribution >= 0.6 is 11.6 Å². The third-order valence-electron chi connectivity index (χ3n) is 4.17. The Labute approximate surface area is 137 Å². The number of ether oxygens (including phenoxy) is 1. The van der Waals surface area contributed by atoms with Gasteiger partial charge in [-0.15, -0.1) is 0 Å². The van der Waals surface area contributed by atoms with Gasteiger partial charge in [-0.1, -0.05) is 17.7 Å². The summed E-state index contributed by atoms with van der Waals surface area (Å²) in [4.78, 5) is 14.4. The minimum atomic E-state index is -0.518. The Kier molecular flexibility index (Phi) is 6.52. The molecule has 0 unspecified atom stereocenters. The second kappa shape index (κ2) is 8.39. The summed E-state index contributed by atoms with van der Waals surface area (Å²) in [6, 6.07) is 7.10. The molecule has 1 heterocycles. The number of nitrogens with zero attached hydrogens (tertiary/aromatic N) is 1. The van der Waals surface area contributed by atoms with Crippen LogP contribution in [-0.4, -0.2) is 43.6 Å². The molecule has 1 aliphatic rings. The van der Waals surface area contributed by atoms with Gasteiger partial charge in [0, 0.05) is 11.6 Å². The van der Waals surface area contributed by atoms with Gasteiger partial charge in [0.1, 0.15) is 5.75 Å². The van der Waals surface area contributed by atoms with Gasteiger partial charge >= 0.3 is 0 Å². The minimum absolute atomic E-state index is 0.0760. The number of amides is 1. The first-order chi connectivity index (χ1) is 10.5. The van der Waals surface area contributed by atoms with Crippen LogP contribution in [0.5, 0.6) is 5.75 Å². The number of piperidine rings is 1. The summed E-state index contributed by atoms with van der Waals surface area (Å²) in [5.74, 6) is 1.26. The van der Waals surface area contributed by atoms with Gasteiger partial charge in [0.2, 0.25) is 0 Å². The second-order valence-corrected chi connectivity index (χ2v) is 6.48. The molecule has 1 saturated heterocycles. The fourth-order valence-electron chi connectivity index (χ4n) is 2.69. The molecule has 5 heteroatoms. The third-order valence-corrected chi connectivity index (χ3v) is 4.40. The van der Waals surface area contributed by atoms with Crippen LogP contribution in [-0.2, 0) is 4.79 Å². The van der Waals surface area contributed by atoms with Gasteiger partial charge in [0.25, 0.3) is 5.91 Å². The van der Waals surface area contributed by atoms with E-state index in [-0.39, 0.29) is 5.91 Å². The molecule has 122 valence electrons. The molecule has 0 aliphatic carbocycles. The average Bonchev–Trinajstić information content (AvgIpc) is 2.49. The van der Waals surface area contributed by atoms with Crippen molar-refractivity contribution in [3.05, 3.63) is 29.3 Å². The highest BCUT2D eigenvalue weighted by atomic mass is 35.5. The number of hydrogen-bond donors (Lipinski definition) is 1. The largest absolute Gasteiger partial charge is 0.481 e. The van der Waals surface area contributed by atoms with Crippen molar-refractivity contribution in [2.24, 2.45) is 5.92 Å². The van der Waals surface area contributed by atoms with E-state index in [1.165, 1.54) is 12.8 Å². The van der Waals surface area contributed by atoms with Gasteiger partial charge in [-0.05, 0) is 70.4 Å². The molecule has 0 aromatic heterocycles. The summed E-state index contributed by atoms with van der Waals surface area (Å²) < 4.78 is 5.61. The van der Waals surface area contributed by atoms with Gasteiger partial charge in [0.15, 0.2) is 6.10 Å². The number of hydrogen-bond acceptors (Lipinski definition) is 3. The maximum atomic E-state index is 12.0. The van der Waals surface area contributed by atoms with Gasteiger partial charge in [0.05, 0.1) is 0 Å². The van der Waals surface area contributed by atoms with E-state index in [2.05, 4.69) is 17.3 Å². The zero-order valence-corrected chi connectivity index (χ0v) is 14.1. The lowest BCUT2D eigenvalue weighted by Crippen LogP contribution is -2.38. The molecule has 1 aromatic rings. The molecule has 1 aliphatic heterocycles. The zero-order valence-electron chi connectivity index (χ0n) is 13.3. The first kappa shape index (κ1) is 17.1. The molecule has 4 nitrogen and oxygen atoms in total. The Balaban J connectivity index is 1.68. The Morgan fingerprint density at radius 3 is 2.86 bits per heavy atom. The first-order valence-corrected chi connectivity index (χ1v) is 8.31. The molecule has 22 heavy (non-hydrogen) atoms. The van der Waals surface area contributed by atoms with E-state index in [1.807, 2.05) is 6.07 Å². The van der Waals surface area contributed by atoms with Gasteiger partial charge in [-0.3, -0.25) is 4.79 Å². The predicted molar refractivity (Wildman–Crippen MR) is 89.4 cm³/mol. The van der Waals surface area contributed by atoms with Gasteiger partial charge in [-0.25, -0.2) is 0 Å². The highest BCUT2D eigenvalue weighted by Gasteiger charge is 2.18. The lowest BCUT2D eigenvalue weighted by atomic mass is 9.94. The van der Waals surface area contributed by atoms with Crippen molar-refractivity contribution in [2.75, 3.05) is 26.7 Å². The number of carbonyl (C=O) groups excluding carboxylic acids is 1. The van der Waals surface area contributed by atoms with Crippen LogP contribution in [0.25, 0.3) is 0 Å². The van der Waals surface area contributed by atoms with E-state index >= 15 is 0 Å². The van der Waals surface area contributed by atoms with Gasteiger partial charge < -0.3 is 15.0 Å². The Morgan fingerprint density at radius 1 is 1.45 bits per heavy atom. The monoisotopic (exact) mass is 324 g/mol. The lowest BCUT2D eigenvalue weighted by Gasteiger charge is -2.29. The van der Waals surface area contributed by atoms with Crippen molar-refractivity contribution in [3.63, 3.8) is 0 Å². The molecule has 1 aromatic carbocycles. The Bertz CT molecular complexity index is 487. The summed E-state index contributed by atoms with van der Waals surface area (Å²) in [5, 5.41) is 3.57. The summed E-state index contributed by atoms with van der Waals surface area (Å²) in [5.41, 5.74) is 0. The molecule has 0 bridgehead atoms. The van der Waals surface area contributed by atoms with Crippen LogP contribution in [0, 0.1) is 5.92 Å². The Hall–Kier alpha value is -1.26. The molecular weight excluding hydrogens is 300 g/mol. The van der Waals surface area contributed by atoms with Crippen LogP contribution in [0.2, 0.25) is 5.02 Å². The molecule has 0 radical (unpaired) electrons. The summed E-state index contributed by atoms with van der Waals surface area (Å²) in [6.45, 7) is 4.79. The van der Waals surface area contributed by atoms with E-state index in [1.54, 1.807) is 25.1 Å². The second-order valence-electron chi connectivity index (χ2n) is 6.04. The normalized spacial score (nSPS) is 18.0. The number of benzene rings is 1. The molecule has 2 rings (SSSR count). The average molecular weight is 325 g/mol. The number of nitrogens with one attached hydrogen (secondary N) is 1. The van der Waals surface area contributed by atoms with Crippen molar-refractivity contribution < 1.29 is 9.53 Å². The van der Waals surface area contributed by atoms with Crippen molar-refractivity contribution in [3.8, 4) is 5.75 Å². The highest BCUT2D eigenvalue weighted by Crippen LogP contribution is 2.19. The number of rotatable bonds is 6. The minimum Gasteiger partial charge on any atom is -0.481 e. The standard InChI is InChI=1S/C17H25ClN2O2/c1-13(22-16-5-3-4-15(18)12-16)17(21)19-9-6-14-7-10-20(2)11-8-14/h3-5,12-14H,6-11H2,1-2H3,(H,19,21)/t13-/m1/s1. The van der Waals surface area contributed by atoms with E-state index in [0.29, 0.717) is 10.8 Å². The molecule has 1 fully saturated rings. The molecule has 1 N–H and O–H groups in total. The molecule has 1 atom stereocenters. The molecular formula is C17H25ClN2O2. The van der Waals surface area contributed by atoms with E-state index in [9.17, 15) is 4.79 Å². The van der Waals surface area contributed by atoms with Crippen molar-refractivity contribution in [1.29, 1.82) is 0 Å². The maximum absolute atomic E-state index is 12.0. The molecule has 1 amide bonds. The van der Waals surface area contributed by atoms with Gasteiger partial charge in [-0.2, -0.15) is 0 Å². The van der Waals surface area contributed by atoms with Crippen molar-refractivity contribution >= 4 is 17.5 Å². The van der Waals surface area contributed by atoms with Crippen LogP contribution in [0.15, 0.2) is 24.3 Å². The maximum Gasteiger partial charge on any atom is 0.260 e. The van der Waals surface area contributed by atoms with Crippen molar-refractivity contribution in [2.45, 2.75) is 32.3 Å². The Morgan fingerprint density at radius 2 is 2.18 bits per heavy atom. The number of carbonyl (C=O) groups is 1.